The molecule has 0 bridgehead atoms. The first kappa shape index (κ1) is 16.5. The lowest BCUT2D eigenvalue weighted by molar-refractivity contribution is -0.161. The van der Waals surface area contributed by atoms with Gasteiger partial charge in [0.1, 0.15) is 0 Å². The quantitative estimate of drug-likeness (QED) is 0.477. The summed E-state index contributed by atoms with van der Waals surface area (Å²) in [5.41, 5.74) is -0.804. The Balaban J connectivity index is 3.43. The van der Waals surface area contributed by atoms with Gasteiger partial charge in [-0.1, -0.05) is 24.3 Å². The van der Waals surface area contributed by atoms with E-state index in [1.807, 2.05) is 24.3 Å². The van der Waals surface area contributed by atoms with E-state index >= 15 is 0 Å². The molecule has 1 fully saturated rings. The molecule has 0 aromatic rings. The molecule has 2 heteroatoms. The highest BCUT2D eigenvalue weighted by atomic mass is 16.5. The molecule has 1 aliphatic rings. The Morgan fingerprint density at radius 2 is 1.45 bits per heavy atom. The highest BCUT2D eigenvalue weighted by molar-refractivity contribution is 5.79. The zero-order chi connectivity index (χ0) is 15.1. The Morgan fingerprint density at radius 3 is 1.90 bits per heavy atom. The van der Waals surface area contributed by atoms with Crippen molar-refractivity contribution in [1.29, 1.82) is 0 Å². The van der Waals surface area contributed by atoms with Crippen LogP contribution in [0, 0.1) is 10.8 Å². The topological polar surface area (TPSA) is 26.3 Å². The van der Waals surface area contributed by atoms with E-state index in [-0.39, 0.29) is 11.4 Å². The SMILES string of the molecule is C=CCC1(CC=C)CCCOC(=O)C1(CC=C)CC=C. The number of esters is 1. The number of hydrogen-bond acceptors (Lipinski definition) is 2. The molecule has 0 radical (unpaired) electrons. The second kappa shape index (κ2) is 7.28. The Hall–Kier alpha value is -1.57. The molecule has 20 heavy (non-hydrogen) atoms. The van der Waals surface area contributed by atoms with Crippen LogP contribution in [0.3, 0.4) is 0 Å². The van der Waals surface area contributed by atoms with Gasteiger partial charge in [0.15, 0.2) is 0 Å². The van der Waals surface area contributed by atoms with Crippen molar-refractivity contribution < 1.29 is 9.53 Å². The van der Waals surface area contributed by atoms with Crippen LogP contribution in [0.2, 0.25) is 0 Å². The normalized spacial score (nSPS) is 20.3. The van der Waals surface area contributed by atoms with Crippen LogP contribution in [0.5, 0.6) is 0 Å². The second-order valence-corrected chi connectivity index (χ2v) is 5.57. The van der Waals surface area contributed by atoms with Gasteiger partial charge in [-0.25, -0.2) is 0 Å². The van der Waals surface area contributed by atoms with Gasteiger partial charge in [0.25, 0.3) is 0 Å². The summed E-state index contributed by atoms with van der Waals surface area (Å²) in [4.78, 5) is 12.7. The average Bonchev–Trinajstić information content (AvgIpc) is 2.53. The molecule has 110 valence electrons. The summed E-state index contributed by atoms with van der Waals surface area (Å²) in [6, 6.07) is 0. The lowest BCUT2D eigenvalue weighted by atomic mass is 9.55. The molecular formula is C18H26O2. The Kier molecular flexibility index (Phi) is 6.00. The molecule has 0 atom stereocenters. The summed E-state index contributed by atoms with van der Waals surface area (Å²) in [7, 11) is 0. The maximum atomic E-state index is 12.7. The third-order valence-corrected chi connectivity index (χ3v) is 4.49. The van der Waals surface area contributed by atoms with Crippen molar-refractivity contribution in [3.05, 3.63) is 50.6 Å². The number of hydrogen-bond donors (Lipinski definition) is 0. The largest absolute Gasteiger partial charge is 0.465 e. The van der Waals surface area contributed by atoms with Crippen molar-refractivity contribution in [2.75, 3.05) is 6.61 Å². The minimum atomic E-state index is -0.602. The van der Waals surface area contributed by atoms with Crippen LogP contribution >= 0.6 is 0 Å². The van der Waals surface area contributed by atoms with Crippen LogP contribution in [-0.2, 0) is 9.53 Å². The third kappa shape index (κ3) is 2.79. The van der Waals surface area contributed by atoms with Gasteiger partial charge in [-0.3, -0.25) is 4.79 Å². The van der Waals surface area contributed by atoms with Crippen molar-refractivity contribution in [3.63, 3.8) is 0 Å². The fourth-order valence-corrected chi connectivity index (χ4v) is 3.58. The molecule has 1 aliphatic heterocycles. The first-order valence-electron chi connectivity index (χ1n) is 7.23. The van der Waals surface area contributed by atoms with Gasteiger partial charge in [0.05, 0.1) is 12.0 Å². The predicted molar refractivity (Wildman–Crippen MR) is 84.3 cm³/mol. The highest BCUT2D eigenvalue weighted by Crippen LogP contribution is 2.55. The number of cyclic esters (lactones) is 1. The Morgan fingerprint density at radius 1 is 0.950 bits per heavy atom. The number of ether oxygens (including phenoxy) is 1. The van der Waals surface area contributed by atoms with E-state index in [1.54, 1.807) is 0 Å². The van der Waals surface area contributed by atoms with Crippen molar-refractivity contribution in [2.45, 2.75) is 38.5 Å². The number of carbonyl (C=O) groups excluding carboxylic acids is 1. The first-order chi connectivity index (χ1) is 9.62. The Labute approximate surface area is 122 Å². The van der Waals surface area contributed by atoms with Crippen LogP contribution in [0.25, 0.3) is 0 Å². The summed E-state index contributed by atoms with van der Waals surface area (Å²) < 4.78 is 5.47. The molecule has 1 heterocycles. The zero-order valence-corrected chi connectivity index (χ0v) is 12.4. The number of allylic oxidation sites excluding steroid dienone is 4. The van der Waals surface area contributed by atoms with E-state index in [4.69, 9.17) is 4.74 Å². The van der Waals surface area contributed by atoms with Crippen LogP contribution in [0.4, 0.5) is 0 Å². The van der Waals surface area contributed by atoms with E-state index in [2.05, 4.69) is 26.3 Å². The van der Waals surface area contributed by atoms with E-state index in [1.165, 1.54) is 0 Å². The molecule has 0 amide bonds. The molecule has 1 rings (SSSR count). The summed E-state index contributed by atoms with van der Waals surface area (Å²) in [5, 5.41) is 0. The molecule has 0 N–H and O–H groups in total. The average molecular weight is 274 g/mol. The van der Waals surface area contributed by atoms with Crippen molar-refractivity contribution in [2.24, 2.45) is 10.8 Å². The first-order valence-corrected chi connectivity index (χ1v) is 7.23. The summed E-state index contributed by atoms with van der Waals surface area (Å²) >= 11 is 0. The fourth-order valence-electron chi connectivity index (χ4n) is 3.58. The molecule has 0 unspecified atom stereocenters. The van der Waals surface area contributed by atoms with Gasteiger partial charge in [-0.2, -0.15) is 0 Å². The van der Waals surface area contributed by atoms with Crippen LogP contribution < -0.4 is 0 Å². The summed E-state index contributed by atoms with van der Waals surface area (Å²) in [5.74, 6) is -0.126. The van der Waals surface area contributed by atoms with Crippen LogP contribution in [0.15, 0.2) is 50.6 Å². The lowest BCUT2D eigenvalue weighted by Crippen LogP contribution is -2.46. The van der Waals surface area contributed by atoms with E-state index < -0.39 is 5.41 Å². The monoisotopic (exact) mass is 274 g/mol. The van der Waals surface area contributed by atoms with E-state index in [0.717, 1.165) is 25.7 Å². The van der Waals surface area contributed by atoms with Crippen LogP contribution in [0.1, 0.15) is 38.5 Å². The van der Waals surface area contributed by atoms with E-state index in [9.17, 15) is 4.79 Å². The van der Waals surface area contributed by atoms with Gasteiger partial charge in [0.2, 0.25) is 0 Å². The summed E-state index contributed by atoms with van der Waals surface area (Å²) in [6.45, 7) is 15.9. The smallest absolute Gasteiger partial charge is 0.313 e. The predicted octanol–water partition coefficient (Wildman–Crippen LogP) is 4.60. The standard InChI is InChI=1S/C18H26O2/c1-5-10-17(11-6-2)14-9-15-20-16(19)18(17,12-7-3)13-8-4/h5-8H,1-4,9-15H2. The van der Waals surface area contributed by atoms with Gasteiger partial charge in [0, 0.05) is 0 Å². The van der Waals surface area contributed by atoms with Crippen molar-refractivity contribution >= 4 is 5.97 Å². The van der Waals surface area contributed by atoms with Gasteiger partial charge < -0.3 is 4.74 Å². The second-order valence-electron chi connectivity index (χ2n) is 5.57. The molecule has 0 aromatic heterocycles. The number of carbonyl (C=O) groups is 1. The third-order valence-electron chi connectivity index (χ3n) is 4.49. The molecule has 2 nitrogen and oxygen atoms in total. The Bertz CT molecular complexity index is 372. The molecule has 0 aromatic carbocycles. The van der Waals surface area contributed by atoms with Crippen LogP contribution in [-0.4, -0.2) is 12.6 Å². The molecule has 1 saturated heterocycles. The minimum Gasteiger partial charge on any atom is -0.465 e. The van der Waals surface area contributed by atoms with Crippen molar-refractivity contribution in [1.82, 2.24) is 0 Å². The molecule has 0 aliphatic carbocycles. The summed E-state index contributed by atoms with van der Waals surface area (Å²) in [6.07, 6.45) is 12.0. The maximum Gasteiger partial charge on any atom is 0.313 e. The number of rotatable bonds is 8. The van der Waals surface area contributed by atoms with Gasteiger partial charge in [-0.05, 0) is 43.9 Å². The molecular weight excluding hydrogens is 248 g/mol. The van der Waals surface area contributed by atoms with E-state index in [0.29, 0.717) is 19.4 Å². The maximum absolute atomic E-state index is 12.7. The lowest BCUT2D eigenvalue weighted by Gasteiger charge is -2.46. The van der Waals surface area contributed by atoms with Crippen molar-refractivity contribution in [3.8, 4) is 0 Å². The fraction of sp³-hybridized carbons (Fsp3) is 0.500. The van der Waals surface area contributed by atoms with Gasteiger partial charge in [-0.15, -0.1) is 26.3 Å². The molecule has 0 saturated carbocycles. The molecule has 0 spiro atoms. The minimum absolute atomic E-state index is 0.126. The zero-order valence-electron chi connectivity index (χ0n) is 12.4. The van der Waals surface area contributed by atoms with Gasteiger partial charge >= 0.3 is 5.97 Å². The highest BCUT2D eigenvalue weighted by Gasteiger charge is 2.55.